The standard InChI is InChI=1S/C9H14/c1-2-5-9-7-3-6-8(9)4-1/h1,7-9H,2-6H2. The maximum atomic E-state index is 2.54. The minimum absolute atomic E-state index is 1.01. The van der Waals surface area contributed by atoms with Crippen molar-refractivity contribution in [3.63, 3.8) is 0 Å². The molecule has 0 N–H and O–H groups in total. The maximum Gasteiger partial charge on any atom is -0.0352 e. The van der Waals surface area contributed by atoms with E-state index in [1.807, 2.05) is 0 Å². The number of hydrogen-bond acceptors (Lipinski definition) is 0. The van der Waals surface area contributed by atoms with Crippen LogP contribution in [0.15, 0.2) is 0 Å². The number of fused-ring (bicyclic) bond motifs is 1. The lowest BCUT2D eigenvalue weighted by molar-refractivity contribution is 0.347. The Hall–Kier alpha value is 0. The molecular formula is C9H14. The van der Waals surface area contributed by atoms with Crippen LogP contribution >= 0.6 is 0 Å². The largest absolute Gasteiger partial charge is 0.0499 e. The second-order valence-corrected chi connectivity index (χ2v) is 3.34. The van der Waals surface area contributed by atoms with Gasteiger partial charge in [-0.1, -0.05) is 0 Å². The van der Waals surface area contributed by atoms with Crippen LogP contribution in [0.3, 0.4) is 0 Å². The Labute approximate surface area is 57.6 Å². The zero-order chi connectivity index (χ0) is 6.10. The molecule has 0 amide bonds. The smallest absolute Gasteiger partial charge is 0.0352 e. The molecular weight excluding hydrogens is 108 g/mol. The molecule has 2 radical (unpaired) electrons. The van der Waals surface area contributed by atoms with Gasteiger partial charge in [0.25, 0.3) is 0 Å². The third-order valence-electron chi connectivity index (χ3n) is 2.79. The Bertz CT molecular complexity index is 84.2. The van der Waals surface area contributed by atoms with E-state index in [0.717, 1.165) is 11.8 Å². The molecule has 2 rings (SSSR count). The van der Waals surface area contributed by atoms with Gasteiger partial charge in [0.2, 0.25) is 0 Å². The monoisotopic (exact) mass is 122 g/mol. The highest BCUT2D eigenvalue weighted by atomic mass is 14.3. The van der Waals surface area contributed by atoms with Crippen LogP contribution in [0.4, 0.5) is 0 Å². The molecule has 0 spiro atoms. The molecule has 9 heavy (non-hydrogen) atoms. The summed E-state index contributed by atoms with van der Waals surface area (Å²) in [5.41, 5.74) is 0. The fourth-order valence-corrected chi connectivity index (χ4v) is 2.22. The molecule has 0 saturated heterocycles. The van der Waals surface area contributed by atoms with Crippen LogP contribution in [0.1, 0.15) is 32.1 Å². The molecule has 2 unspecified atom stereocenters. The van der Waals surface area contributed by atoms with Crippen molar-refractivity contribution in [2.24, 2.45) is 11.8 Å². The first kappa shape index (κ1) is 5.76. The van der Waals surface area contributed by atoms with Crippen molar-refractivity contribution in [3.05, 3.63) is 12.8 Å². The van der Waals surface area contributed by atoms with E-state index in [-0.39, 0.29) is 0 Å². The molecule has 0 bridgehead atoms. The molecule has 0 aliphatic heterocycles. The number of rotatable bonds is 0. The molecule has 0 aromatic heterocycles. The van der Waals surface area contributed by atoms with Crippen LogP contribution in [0.2, 0.25) is 0 Å². The van der Waals surface area contributed by atoms with Gasteiger partial charge in [0, 0.05) is 0 Å². The maximum absolute atomic E-state index is 2.54. The van der Waals surface area contributed by atoms with Crippen LogP contribution in [-0.2, 0) is 0 Å². The first-order valence-electron chi connectivity index (χ1n) is 4.12. The van der Waals surface area contributed by atoms with Gasteiger partial charge in [-0.25, -0.2) is 0 Å². The van der Waals surface area contributed by atoms with E-state index in [9.17, 15) is 0 Å². The predicted molar refractivity (Wildman–Crippen MR) is 38.7 cm³/mol. The van der Waals surface area contributed by atoms with E-state index in [1.165, 1.54) is 32.1 Å². The first-order chi connectivity index (χ1) is 4.47. The van der Waals surface area contributed by atoms with Crippen molar-refractivity contribution in [3.8, 4) is 0 Å². The Morgan fingerprint density at radius 3 is 3.00 bits per heavy atom. The van der Waals surface area contributed by atoms with E-state index in [2.05, 4.69) is 12.8 Å². The quantitative estimate of drug-likeness (QED) is 0.463. The summed E-state index contributed by atoms with van der Waals surface area (Å²) in [4.78, 5) is 0. The van der Waals surface area contributed by atoms with Crippen molar-refractivity contribution in [2.75, 3.05) is 0 Å². The second-order valence-electron chi connectivity index (χ2n) is 3.34. The van der Waals surface area contributed by atoms with Crippen molar-refractivity contribution in [1.82, 2.24) is 0 Å². The lowest BCUT2D eigenvalue weighted by Gasteiger charge is -2.23. The Morgan fingerprint density at radius 1 is 1.11 bits per heavy atom. The molecule has 0 heterocycles. The minimum Gasteiger partial charge on any atom is -0.0499 e. The molecule has 2 fully saturated rings. The fraction of sp³-hybridized carbons (Fsp3) is 0.778. The molecule has 0 heteroatoms. The van der Waals surface area contributed by atoms with Crippen LogP contribution < -0.4 is 0 Å². The van der Waals surface area contributed by atoms with E-state index < -0.39 is 0 Å². The van der Waals surface area contributed by atoms with Crippen molar-refractivity contribution in [1.29, 1.82) is 0 Å². The molecule has 0 aromatic rings. The van der Waals surface area contributed by atoms with E-state index in [4.69, 9.17) is 0 Å². The molecule has 2 aliphatic carbocycles. The lowest BCUT2D eigenvalue weighted by atomic mass is 9.82. The van der Waals surface area contributed by atoms with Gasteiger partial charge in [-0.15, -0.1) is 0 Å². The zero-order valence-electron chi connectivity index (χ0n) is 5.84. The number of hydrogen-bond donors (Lipinski definition) is 0. The normalized spacial score (nSPS) is 42.7. The first-order valence-corrected chi connectivity index (χ1v) is 4.12. The Kier molecular flexibility index (Phi) is 1.48. The second kappa shape index (κ2) is 2.32. The fourth-order valence-electron chi connectivity index (χ4n) is 2.22. The highest BCUT2D eigenvalue weighted by Gasteiger charge is 2.29. The Morgan fingerprint density at radius 2 is 2.11 bits per heavy atom. The van der Waals surface area contributed by atoms with Crippen LogP contribution in [-0.4, -0.2) is 0 Å². The van der Waals surface area contributed by atoms with E-state index in [1.54, 1.807) is 0 Å². The minimum atomic E-state index is 1.01. The average molecular weight is 122 g/mol. The van der Waals surface area contributed by atoms with Crippen LogP contribution in [0.5, 0.6) is 0 Å². The van der Waals surface area contributed by atoms with Gasteiger partial charge in [0.15, 0.2) is 0 Å². The summed E-state index contributed by atoms with van der Waals surface area (Å²) in [5, 5.41) is 0. The van der Waals surface area contributed by atoms with Gasteiger partial charge < -0.3 is 0 Å². The highest BCUT2D eigenvalue weighted by Crippen LogP contribution is 2.40. The molecule has 50 valence electrons. The summed E-state index contributed by atoms with van der Waals surface area (Å²) in [6, 6.07) is 0. The Balaban J connectivity index is 1.97. The van der Waals surface area contributed by atoms with Crippen LogP contribution in [0, 0.1) is 24.7 Å². The highest BCUT2D eigenvalue weighted by molar-refractivity contribution is 4.96. The van der Waals surface area contributed by atoms with Gasteiger partial charge in [0.1, 0.15) is 0 Å². The SMILES string of the molecule is [CH]1CCC2[CH]CCC2C1. The summed E-state index contributed by atoms with van der Waals surface area (Å²) in [6.45, 7) is 0. The van der Waals surface area contributed by atoms with Gasteiger partial charge in [0.05, 0.1) is 0 Å². The molecule has 2 aliphatic rings. The zero-order valence-corrected chi connectivity index (χ0v) is 5.84. The predicted octanol–water partition coefficient (Wildman–Crippen LogP) is 2.61. The molecule has 2 saturated carbocycles. The van der Waals surface area contributed by atoms with Crippen molar-refractivity contribution in [2.45, 2.75) is 32.1 Å². The molecule has 2 atom stereocenters. The van der Waals surface area contributed by atoms with Crippen molar-refractivity contribution >= 4 is 0 Å². The topological polar surface area (TPSA) is 0 Å². The third kappa shape index (κ3) is 0.997. The summed E-state index contributed by atoms with van der Waals surface area (Å²) < 4.78 is 0. The lowest BCUT2D eigenvalue weighted by Crippen LogP contribution is -2.13. The summed E-state index contributed by atoms with van der Waals surface area (Å²) >= 11 is 0. The van der Waals surface area contributed by atoms with Gasteiger partial charge >= 0.3 is 0 Å². The summed E-state index contributed by atoms with van der Waals surface area (Å²) in [6.07, 6.45) is 12.1. The van der Waals surface area contributed by atoms with Crippen LogP contribution in [0.25, 0.3) is 0 Å². The van der Waals surface area contributed by atoms with E-state index in [0.29, 0.717) is 0 Å². The third-order valence-corrected chi connectivity index (χ3v) is 2.79. The molecule has 0 aromatic carbocycles. The van der Waals surface area contributed by atoms with Gasteiger partial charge in [-0.3, -0.25) is 0 Å². The molecule has 0 nitrogen and oxygen atoms in total. The average Bonchev–Trinajstić information content (AvgIpc) is 2.33. The van der Waals surface area contributed by atoms with E-state index >= 15 is 0 Å². The summed E-state index contributed by atoms with van der Waals surface area (Å²) in [5.74, 6) is 2.06. The van der Waals surface area contributed by atoms with Gasteiger partial charge in [-0.05, 0) is 56.8 Å². The van der Waals surface area contributed by atoms with Gasteiger partial charge in [-0.2, -0.15) is 0 Å². The van der Waals surface area contributed by atoms with Crippen molar-refractivity contribution < 1.29 is 0 Å². The summed E-state index contributed by atoms with van der Waals surface area (Å²) in [7, 11) is 0.